The average Bonchev–Trinajstić information content (AvgIpc) is 2.36. The van der Waals surface area contributed by atoms with Gasteiger partial charge in [0.15, 0.2) is 0 Å². The first-order valence-corrected chi connectivity index (χ1v) is 7.64. The standard InChI is InChI=1S/C14H23FN2S/c1-11(13-6-4-5-7-14(13)15)17(2)10-12(16)8-9-18-3/h4-7,11-12H,8-10,16H2,1-3H3/t11?,12-/m1/s1. The van der Waals surface area contributed by atoms with Gasteiger partial charge >= 0.3 is 0 Å². The predicted molar refractivity (Wildman–Crippen MR) is 78.4 cm³/mol. The number of thioether (sulfide) groups is 1. The van der Waals surface area contributed by atoms with E-state index < -0.39 is 0 Å². The van der Waals surface area contributed by atoms with E-state index in [1.54, 1.807) is 17.8 Å². The number of hydrogen-bond donors (Lipinski definition) is 1. The maximum Gasteiger partial charge on any atom is 0.127 e. The molecule has 4 heteroatoms. The molecule has 0 fully saturated rings. The largest absolute Gasteiger partial charge is 0.327 e. The van der Waals surface area contributed by atoms with Gasteiger partial charge in [-0.25, -0.2) is 4.39 Å². The fourth-order valence-corrected chi connectivity index (χ4v) is 2.48. The summed E-state index contributed by atoms with van der Waals surface area (Å²) < 4.78 is 13.7. The van der Waals surface area contributed by atoms with Crippen molar-refractivity contribution in [2.24, 2.45) is 5.73 Å². The molecule has 2 N–H and O–H groups in total. The highest BCUT2D eigenvalue weighted by Crippen LogP contribution is 2.21. The van der Waals surface area contributed by atoms with Gasteiger partial charge in [-0.1, -0.05) is 18.2 Å². The van der Waals surface area contributed by atoms with Gasteiger partial charge in [0.25, 0.3) is 0 Å². The molecule has 0 bridgehead atoms. The van der Waals surface area contributed by atoms with Crippen molar-refractivity contribution in [1.29, 1.82) is 0 Å². The van der Waals surface area contributed by atoms with Crippen molar-refractivity contribution in [3.05, 3.63) is 35.6 Å². The van der Waals surface area contributed by atoms with Crippen LogP contribution in [0.2, 0.25) is 0 Å². The molecule has 2 nitrogen and oxygen atoms in total. The SMILES string of the molecule is CSCC[C@@H](N)CN(C)C(C)c1ccccc1F. The smallest absolute Gasteiger partial charge is 0.127 e. The molecule has 0 amide bonds. The molecule has 0 aliphatic carbocycles. The molecule has 0 saturated heterocycles. The Bertz CT molecular complexity index is 359. The Kier molecular flexibility index (Phi) is 6.68. The lowest BCUT2D eigenvalue weighted by molar-refractivity contribution is 0.239. The van der Waals surface area contributed by atoms with Gasteiger partial charge in [0.05, 0.1) is 0 Å². The van der Waals surface area contributed by atoms with Gasteiger partial charge in [-0.05, 0) is 38.5 Å². The predicted octanol–water partition coefficient (Wildman–Crippen LogP) is 2.90. The van der Waals surface area contributed by atoms with E-state index in [0.717, 1.165) is 24.3 Å². The highest BCUT2D eigenvalue weighted by Gasteiger charge is 2.17. The fourth-order valence-electron chi connectivity index (χ4n) is 1.94. The molecule has 1 rings (SSSR count). The number of nitrogens with two attached hydrogens (primary N) is 1. The summed E-state index contributed by atoms with van der Waals surface area (Å²) in [6.45, 7) is 2.80. The van der Waals surface area contributed by atoms with Crippen molar-refractivity contribution in [2.45, 2.75) is 25.4 Å². The Balaban J connectivity index is 2.56. The molecule has 18 heavy (non-hydrogen) atoms. The van der Waals surface area contributed by atoms with Gasteiger partial charge in [-0.2, -0.15) is 11.8 Å². The first-order chi connectivity index (χ1) is 8.56. The van der Waals surface area contributed by atoms with Gasteiger partial charge < -0.3 is 5.73 Å². The van der Waals surface area contributed by atoms with Crippen molar-refractivity contribution < 1.29 is 4.39 Å². The Morgan fingerprint density at radius 1 is 1.39 bits per heavy atom. The Morgan fingerprint density at radius 2 is 2.06 bits per heavy atom. The summed E-state index contributed by atoms with van der Waals surface area (Å²) in [5.74, 6) is 0.929. The van der Waals surface area contributed by atoms with Crippen LogP contribution in [-0.2, 0) is 0 Å². The summed E-state index contributed by atoms with van der Waals surface area (Å²) in [7, 11) is 2.00. The summed E-state index contributed by atoms with van der Waals surface area (Å²) in [5.41, 5.74) is 6.80. The summed E-state index contributed by atoms with van der Waals surface area (Å²) >= 11 is 1.81. The van der Waals surface area contributed by atoms with Crippen molar-refractivity contribution in [3.63, 3.8) is 0 Å². The maximum absolute atomic E-state index is 13.7. The van der Waals surface area contributed by atoms with Gasteiger partial charge in [0.1, 0.15) is 5.82 Å². The van der Waals surface area contributed by atoms with Gasteiger partial charge in [-0.15, -0.1) is 0 Å². The zero-order valence-corrected chi connectivity index (χ0v) is 12.2. The second-order valence-corrected chi connectivity index (χ2v) is 5.66. The van der Waals surface area contributed by atoms with Gasteiger partial charge in [0, 0.05) is 24.2 Å². The van der Waals surface area contributed by atoms with Crippen LogP contribution in [0.25, 0.3) is 0 Å². The van der Waals surface area contributed by atoms with E-state index in [0.29, 0.717) is 0 Å². The van der Waals surface area contributed by atoms with E-state index in [1.165, 1.54) is 6.07 Å². The van der Waals surface area contributed by atoms with E-state index in [4.69, 9.17) is 5.73 Å². The van der Waals surface area contributed by atoms with Crippen molar-refractivity contribution in [1.82, 2.24) is 4.90 Å². The molecule has 0 spiro atoms. The number of benzene rings is 1. The topological polar surface area (TPSA) is 29.3 Å². The Labute approximate surface area is 114 Å². The number of nitrogens with zero attached hydrogens (tertiary/aromatic N) is 1. The number of rotatable bonds is 7. The van der Waals surface area contributed by atoms with Crippen LogP contribution < -0.4 is 5.73 Å². The minimum Gasteiger partial charge on any atom is -0.327 e. The molecular formula is C14H23FN2S. The minimum absolute atomic E-state index is 0.0477. The summed E-state index contributed by atoms with van der Waals surface area (Å²) in [6, 6.07) is 7.13. The summed E-state index contributed by atoms with van der Waals surface area (Å²) in [6.07, 6.45) is 3.08. The van der Waals surface area contributed by atoms with Gasteiger partial charge in [0.2, 0.25) is 0 Å². The van der Waals surface area contributed by atoms with Crippen LogP contribution in [0.15, 0.2) is 24.3 Å². The monoisotopic (exact) mass is 270 g/mol. The molecule has 0 aromatic heterocycles. The number of likely N-dealkylation sites (N-methyl/N-ethyl adjacent to an activating group) is 1. The van der Waals surface area contributed by atoms with Crippen LogP contribution in [0, 0.1) is 5.82 Å². The third-order valence-corrected chi connectivity index (χ3v) is 3.88. The quantitative estimate of drug-likeness (QED) is 0.826. The molecular weight excluding hydrogens is 247 g/mol. The van der Waals surface area contributed by atoms with Crippen LogP contribution in [0.5, 0.6) is 0 Å². The van der Waals surface area contributed by atoms with E-state index in [9.17, 15) is 4.39 Å². The number of halogens is 1. The van der Waals surface area contributed by atoms with Gasteiger partial charge in [-0.3, -0.25) is 4.90 Å². The Morgan fingerprint density at radius 3 is 2.67 bits per heavy atom. The molecule has 2 atom stereocenters. The third kappa shape index (κ3) is 4.59. The normalized spacial score (nSPS) is 14.8. The maximum atomic E-state index is 13.7. The lowest BCUT2D eigenvalue weighted by atomic mass is 10.1. The molecule has 0 aliphatic heterocycles. The second-order valence-electron chi connectivity index (χ2n) is 4.68. The van der Waals surface area contributed by atoms with Crippen LogP contribution >= 0.6 is 11.8 Å². The molecule has 1 unspecified atom stereocenters. The van der Waals surface area contributed by atoms with Crippen LogP contribution in [-0.4, -0.2) is 36.5 Å². The van der Waals surface area contributed by atoms with Crippen LogP contribution in [0.4, 0.5) is 4.39 Å². The first kappa shape index (κ1) is 15.5. The van der Waals surface area contributed by atoms with Crippen molar-refractivity contribution >= 4 is 11.8 Å². The van der Waals surface area contributed by atoms with Crippen LogP contribution in [0.1, 0.15) is 24.9 Å². The highest BCUT2D eigenvalue weighted by atomic mass is 32.2. The zero-order valence-electron chi connectivity index (χ0n) is 11.4. The van der Waals surface area contributed by atoms with E-state index in [2.05, 4.69) is 11.2 Å². The minimum atomic E-state index is -0.144. The molecule has 0 radical (unpaired) electrons. The van der Waals surface area contributed by atoms with Crippen LogP contribution in [0.3, 0.4) is 0 Å². The molecule has 0 aliphatic rings. The fraction of sp³-hybridized carbons (Fsp3) is 0.571. The van der Waals surface area contributed by atoms with Crippen molar-refractivity contribution in [3.8, 4) is 0 Å². The zero-order chi connectivity index (χ0) is 13.5. The second kappa shape index (κ2) is 7.77. The molecule has 102 valence electrons. The average molecular weight is 270 g/mol. The summed E-state index contributed by atoms with van der Waals surface area (Å²) in [5, 5.41) is 0. The lowest BCUT2D eigenvalue weighted by Gasteiger charge is -2.28. The first-order valence-electron chi connectivity index (χ1n) is 6.25. The van der Waals surface area contributed by atoms with E-state index >= 15 is 0 Å². The molecule has 0 heterocycles. The third-order valence-electron chi connectivity index (χ3n) is 3.23. The lowest BCUT2D eigenvalue weighted by Crippen LogP contribution is -2.37. The molecule has 1 aromatic carbocycles. The van der Waals surface area contributed by atoms with Crippen molar-refractivity contribution in [2.75, 3.05) is 25.6 Å². The van der Waals surface area contributed by atoms with E-state index in [1.807, 2.05) is 26.1 Å². The Hall–Kier alpha value is -0.580. The van der Waals surface area contributed by atoms with E-state index in [-0.39, 0.29) is 17.9 Å². The number of hydrogen-bond acceptors (Lipinski definition) is 3. The molecule has 1 aromatic rings. The molecule has 0 saturated carbocycles. The summed E-state index contributed by atoms with van der Waals surface area (Å²) in [4.78, 5) is 2.11. The highest BCUT2D eigenvalue weighted by molar-refractivity contribution is 7.98.